The van der Waals surface area contributed by atoms with Crippen molar-refractivity contribution in [3.05, 3.63) is 0 Å². The van der Waals surface area contributed by atoms with Gasteiger partial charge in [0.2, 0.25) is 0 Å². The van der Waals surface area contributed by atoms with Crippen molar-refractivity contribution < 1.29 is 14.7 Å². The molecule has 0 aromatic carbocycles. The smallest absolute Gasteiger partial charge is 0.325 e. The van der Waals surface area contributed by atoms with Crippen LogP contribution in [0.2, 0.25) is 0 Å². The van der Waals surface area contributed by atoms with Crippen LogP contribution >= 0.6 is 0 Å². The third-order valence-corrected chi connectivity index (χ3v) is 4.21. The first-order valence-corrected chi connectivity index (χ1v) is 6.89. The van der Waals surface area contributed by atoms with Crippen molar-refractivity contribution in [2.24, 2.45) is 5.92 Å². The molecule has 1 aliphatic carbocycles. The van der Waals surface area contributed by atoms with Gasteiger partial charge >= 0.3 is 12.0 Å². The fourth-order valence-electron chi connectivity index (χ4n) is 3.21. The van der Waals surface area contributed by atoms with Crippen LogP contribution in [0.15, 0.2) is 0 Å². The highest BCUT2D eigenvalue weighted by Crippen LogP contribution is 2.35. The molecule has 18 heavy (non-hydrogen) atoms. The number of carboxylic acids is 1. The second kappa shape index (κ2) is 5.59. The highest BCUT2D eigenvalue weighted by molar-refractivity contribution is 5.82. The number of rotatable bonds is 2. The maximum Gasteiger partial charge on any atom is 0.325 e. The molecule has 2 fully saturated rings. The first-order chi connectivity index (χ1) is 8.59. The Morgan fingerprint density at radius 3 is 2.61 bits per heavy atom. The van der Waals surface area contributed by atoms with Crippen LogP contribution in [0.25, 0.3) is 0 Å². The van der Waals surface area contributed by atoms with Gasteiger partial charge in [0.05, 0.1) is 0 Å². The Bertz CT molecular complexity index is 330. The lowest BCUT2D eigenvalue weighted by molar-refractivity contribution is -0.138. The highest BCUT2D eigenvalue weighted by atomic mass is 16.4. The molecule has 1 unspecified atom stereocenters. The molecular formula is C13H22N2O3. The molecule has 2 rings (SSSR count). The molecule has 102 valence electrons. The molecule has 5 nitrogen and oxygen atoms in total. The van der Waals surface area contributed by atoms with Gasteiger partial charge in [-0.25, -0.2) is 4.79 Å². The number of hydrogen-bond acceptors (Lipinski definition) is 2. The van der Waals surface area contributed by atoms with Gasteiger partial charge in [-0.15, -0.1) is 0 Å². The SMILES string of the molecule is CC(NC(=O)N1CCC[C@H]2CCCC[C@H]21)C(=O)O. The van der Waals surface area contributed by atoms with Gasteiger partial charge in [-0.2, -0.15) is 0 Å². The van der Waals surface area contributed by atoms with E-state index >= 15 is 0 Å². The molecule has 3 atom stereocenters. The summed E-state index contributed by atoms with van der Waals surface area (Å²) in [6, 6.07) is -0.698. The number of amides is 2. The van der Waals surface area contributed by atoms with Crippen molar-refractivity contribution in [2.45, 2.75) is 57.5 Å². The molecule has 1 aliphatic heterocycles. The van der Waals surface area contributed by atoms with Gasteiger partial charge in [0.25, 0.3) is 0 Å². The third-order valence-electron chi connectivity index (χ3n) is 4.21. The van der Waals surface area contributed by atoms with E-state index in [0.29, 0.717) is 12.0 Å². The lowest BCUT2D eigenvalue weighted by Gasteiger charge is -2.44. The van der Waals surface area contributed by atoms with E-state index in [1.165, 1.54) is 32.6 Å². The van der Waals surface area contributed by atoms with Gasteiger partial charge in [-0.05, 0) is 38.5 Å². The fourth-order valence-corrected chi connectivity index (χ4v) is 3.21. The maximum absolute atomic E-state index is 12.1. The number of fused-ring (bicyclic) bond motifs is 1. The predicted octanol–water partition coefficient (Wildman–Crippen LogP) is 1.82. The zero-order valence-corrected chi connectivity index (χ0v) is 10.9. The molecule has 2 amide bonds. The van der Waals surface area contributed by atoms with Gasteiger partial charge in [-0.3, -0.25) is 4.79 Å². The molecule has 0 bridgehead atoms. The molecule has 0 aromatic rings. The summed E-state index contributed by atoms with van der Waals surface area (Å²) in [4.78, 5) is 24.8. The standard InChI is InChI=1S/C13H22N2O3/c1-9(12(16)17)14-13(18)15-8-4-6-10-5-2-3-7-11(10)15/h9-11H,2-8H2,1H3,(H,14,18)(H,16,17)/t9?,10-,11-/m1/s1. The van der Waals surface area contributed by atoms with Crippen molar-refractivity contribution in [2.75, 3.05) is 6.54 Å². The summed E-state index contributed by atoms with van der Waals surface area (Å²) in [6.07, 6.45) is 6.98. The van der Waals surface area contributed by atoms with Crippen LogP contribution < -0.4 is 5.32 Å². The zero-order valence-electron chi connectivity index (χ0n) is 10.9. The van der Waals surface area contributed by atoms with Crippen LogP contribution in [-0.2, 0) is 4.79 Å². The lowest BCUT2D eigenvalue weighted by Crippen LogP contribution is -2.55. The van der Waals surface area contributed by atoms with E-state index in [0.717, 1.165) is 19.4 Å². The van der Waals surface area contributed by atoms with E-state index in [-0.39, 0.29) is 6.03 Å². The minimum atomic E-state index is -0.986. The number of aliphatic carboxylic acids is 1. The largest absolute Gasteiger partial charge is 0.480 e. The molecule has 2 N–H and O–H groups in total. The monoisotopic (exact) mass is 254 g/mol. The number of piperidine rings is 1. The van der Waals surface area contributed by atoms with Crippen LogP contribution in [0.1, 0.15) is 45.4 Å². The summed E-state index contributed by atoms with van der Waals surface area (Å²) in [7, 11) is 0. The second-order valence-electron chi connectivity index (χ2n) is 5.46. The van der Waals surface area contributed by atoms with Crippen LogP contribution in [0.3, 0.4) is 0 Å². The summed E-state index contributed by atoms with van der Waals surface area (Å²) < 4.78 is 0. The van der Waals surface area contributed by atoms with Crippen molar-refractivity contribution in [1.82, 2.24) is 10.2 Å². The van der Waals surface area contributed by atoms with Crippen molar-refractivity contribution in [3.8, 4) is 0 Å². The summed E-state index contributed by atoms with van der Waals surface area (Å²) in [5.74, 6) is -0.362. The molecule has 0 aromatic heterocycles. The average molecular weight is 254 g/mol. The highest BCUT2D eigenvalue weighted by Gasteiger charge is 2.36. The maximum atomic E-state index is 12.1. The van der Waals surface area contributed by atoms with Crippen LogP contribution in [0.5, 0.6) is 0 Å². The van der Waals surface area contributed by atoms with E-state index in [2.05, 4.69) is 5.32 Å². The Kier molecular flexibility index (Phi) is 4.09. The van der Waals surface area contributed by atoms with Gasteiger partial charge < -0.3 is 15.3 Å². The summed E-state index contributed by atoms with van der Waals surface area (Å²) in [5.41, 5.74) is 0. The van der Waals surface area contributed by atoms with Gasteiger partial charge in [0, 0.05) is 12.6 Å². The Hall–Kier alpha value is -1.26. The van der Waals surface area contributed by atoms with Gasteiger partial charge in [-0.1, -0.05) is 12.8 Å². The Morgan fingerprint density at radius 2 is 1.89 bits per heavy atom. The average Bonchev–Trinajstić information content (AvgIpc) is 2.37. The number of likely N-dealkylation sites (tertiary alicyclic amines) is 1. The number of nitrogens with zero attached hydrogens (tertiary/aromatic N) is 1. The van der Waals surface area contributed by atoms with Gasteiger partial charge in [0.15, 0.2) is 0 Å². The molecule has 1 heterocycles. The lowest BCUT2D eigenvalue weighted by atomic mass is 9.78. The van der Waals surface area contributed by atoms with Crippen molar-refractivity contribution in [3.63, 3.8) is 0 Å². The van der Waals surface area contributed by atoms with Crippen molar-refractivity contribution in [1.29, 1.82) is 0 Å². The topological polar surface area (TPSA) is 69.6 Å². The van der Waals surface area contributed by atoms with E-state index in [1.807, 2.05) is 4.90 Å². The van der Waals surface area contributed by atoms with E-state index in [1.54, 1.807) is 0 Å². The fraction of sp³-hybridized carbons (Fsp3) is 0.846. The third kappa shape index (κ3) is 2.76. The first-order valence-electron chi connectivity index (χ1n) is 6.89. The normalized spacial score (nSPS) is 29.3. The Morgan fingerprint density at radius 1 is 1.22 bits per heavy atom. The molecular weight excluding hydrogens is 232 g/mol. The number of urea groups is 1. The van der Waals surface area contributed by atoms with E-state index < -0.39 is 12.0 Å². The van der Waals surface area contributed by atoms with Crippen LogP contribution in [-0.4, -0.2) is 40.6 Å². The van der Waals surface area contributed by atoms with Crippen LogP contribution in [0.4, 0.5) is 4.79 Å². The quantitative estimate of drug-likeness (QED) is 0.789. The minimum absolute atomic E-state index is 0.207. The number of carboxylic acid groups (broad SMARTS) is 1. The number of carbonyl (C=O) groups is 2. The first kappa shape index (κ1) is 13.2. The predicted molar refractivity (Wildman–Crippen MR) is 67.3 cm³/mol. The molecule has 1 saturated heterocycles. The second-order valence-corrected chi connectivity index (χ2v) is 5.46. The number of carbonyl (C=O) groups excluding carboxylic acids is 1. The molecule has 0 spiro atoms. The van der Waals surface area contributed by atoms with Gasteiger partial charge in [0.1, 0.15) is 6.04 Å². The molecule has 2 aliphatic rings. The van der Waals surface area contributed by atoms with Crippen LogP contribution in [0, 0.1) is 5.92 Å². The summed E-state index contributed by atoms with van der Waals surface area (Å²) in [6.45, 7) is 2.27. The van der Waals surface area contributed by atoms with E-state index in [9.17, 15) is 9.59 Å². The molecule has 1 saturated carbocycles. The van der Waals surface area contributed by atoms with Crippen molar-refractivity contribution >= 4 is 12.0 Å². The zero-order chi connectivity index (χ0) is 13.1. The summed E-state index contributed by atoms with van der Waals surface area (Å²) in [5, 5.41) is 11.4. The Labute approximate surface area is 108 Å². The number of hydrogen-bond donors (Lipinski definition) is 2. The molecule has 0 radical (unpaired) electrons. The Balaban J connectivity index is 1.97. The molecule has 5 heteroatoms. The summed E-state index contributed by atoms with van der Waals surface area (Å²) >= 11 is 0. The number of nitrogens with one attached hydrogen (secondary N) is 1. The minimum Gasteiger partial charge on any atom is -0.480 e. The van der Waals surface area contributed by atoms with E-state index in [4.69, 9.17) is 5.11 Å².